The number of aromatic carboxylic acids is 1. The molecule has 0 radical (unpaired) electrons. The number of carbonyl (C=O) groups is 2. The van der Waals surface area contributed by atoms with E-state index in [9.17, 15) is 14.0 Å². The molecule has 102 valence electrons. The lowest BCUT2D eigenvalue weighted by molar-refractivity contribution is 0.0693. The van der Waals surface area contributed by atoms with E-state index in [0.29, 0.717) is 4.60 Å². The molecule has 2 aromatic rings. The summed E-state index contributed by atoms with van der Waals surface area (Å²) in [5.74, 6) is -3.00. The van der Waals surface area contributed by atoms with Crippen molar-refractivity contribution < 1.29 is 19.1 Å². The molecule has 1 aromatic heterocycles. The van der Waals surface area contributed by atoms with Crippen LogP contribution in [0, 0.1) is 5.82 Å². The number of rotatable bonds is 3. The number of hydrogen-bond donors (Lipinski definition) is 2. The molecule has 7 heteroatoms. The van der Waals surface area contributed by atoms with Gasteiger partial charge in [-0.2, -0.15) is 0 Å². The number of benzene rings is 1. The Balaban J connectivity index is 2.33. The van der Waals surface area contributed by atoms with Gasteiger partial charge in [-0.05, 0) is 40.2 Å². The lowest BCUT2D eigenvalue weighted by atomic mass is 10.1. The molecule has 1 aromatic carbocycles. The van der Waals surface area contributed by atoms with E-state index in [1.54, 1.807) is 12.1 Å². The van der Waals surface area contributed by atoms with Crippen LogP contribution in [-0.2, 0) is 0 Å². The molecule has 2 N–H and O–H groups in total. The number of nitrogens with one attached hydrogen (secondary N) is 1. The van der Waals surface area contributed by atoms with Crippen molar-refractivity contribution in [2.24, 2.45) is 0 Å². The Morgan fingerprint density at radius 2 is 1.90 bits per heavy atom. The van der Waals surface area contributed by atoms with Gasteiger partial charge >= 0.3 is 5.97 Å². The van der Waals surface area contributed by atoms with Crippen LogP contribution in [-0.4, -0.2) is 22.0 Å². The zero-order valence-electron chi connectivity index (χ0n) is 9.93. The molecule has 0 saturated carbocycles. The van der Waals surface area contributed by atoms with E-state index in [-0.39, 0.29) is 11.4 Å². The highest BCUT2D eigenvalue weighted by Gasteiger charge is 2.18. The van der Waals surface area contributed by atoms with E-state index >= 15 is 0 Å². The quantitative estimate of drug-likeness (QED) is 0.843. The first-order valence-electron chi connectivity index (χ1n) is 5.45. The fourth-order valence-corrected chi connectivity index (χ4v) is 1.91. The van der Waals surface area contributed by atoms with Crippen LogP contribution in [0.3, 0.4) is 0 Å². The van der Waals surface area contributed by atoms with Crippen molar-refractivity contribution in [3.8, 4) is 0 Å². The molecule has 1 amide bonds. The van der Waals surface area contributed by atoms with E-state index in [1.807, 2.05) is 0 Å². The molecule has 0 aliphatic carbocycles. The van der Waals surface area contributed by atoms with Crippen LogP contribution in [0.5, 0.6) is 0 Å². The molecular formula is C13H8BrFN2O3. The molecular weight excluding hydrogens is 331 g/mol. The largest absolute Gasteiger partial charge is 0.478 e. The maximum Gasteiger partial charge on any atom is 0.340 e. The lowest BCUT2D eigenvalue weighted by Gasteiger charge is -2.08. The predicted octanol–water partition coefficient (Wildman–Crippen LogP) is 2.93. The summed E-state index contributed by atoms with van der Waals surface area (Å²) in [5.41, 5.74) is -0.625. The Labute approximate surface area is 121 Å². The van der Waals surface area contributed by atoms with Crippen LogP contribution in [0.2, 0.25) is 0 Å². The monoisotopic (exact) mass is 338 g/mol. The highest BCUT2D eigenvalue weighted by molar-refractivity contribution is 9.10. The fraction of sp³-hybridized carbons (Fsp3) is 0. The van der Waals surface area contributed by atoms with E-state index in [0.717, 1.165) is 6.07 Å². The van der Waals surface area contributed by atoms with Crippen LogP contribution in [0.4, 0.5) is 10.1 Å². The van der Waals surface area contributed by atoms with Crippen molar-refractivity contribution in [1.82, 2.24) is 4.98 Å². The van der Waals surface area contributed by atoms with Gasteiger partial charge in [0.05, 0.1) is 5.69 Å². The molecule has 1 heterocycles. The van der Waals surface area contributed by atoms with Crippen LogP contribution in [0.15, 0.2) is 41.0 Å². The fourth-order valence-electron chi connectivity index (χ4n) is 1.57. The molecule has 0 fully saturated rings. The number of carbonyl (C=O) groups excluding carboxylic acids is 1. The van der Waals surface area contributed by atoms with Crippen LogP contribution >= 0.6 is 15.9 Å². The van der Waals surface area contributed by atoms with Gasteiger partial charge < -0.3 is 10.4 Å². The summed E-state index contributed by atoms with van der Waals surface area (Å²) in [6.07, 6.45) is 0. The SMILES string of the molecule is O=C(Nc1cccc(F)c1C(=O)O)c1cccc(Br)n1. The summed E-state index contributed by atoms with van der Waals surface area (Å²) in [6.45, 7) is 0. The minimum absolute atomic E-state index is 0.0833. The van der Waals surface area contributed by atoms with Gasteiger partial charge in [-0.1, -0.05) is 12.1 Å². The van der Waals surface area contributed by atoms with Gasteiger partial charge in [0.1, 0.15) is 21.7 Å². The van der Waals surface area contributed by atoms with Crippen molar-refractivity contribution >= 4 is 33.5 Å². The molecule has 0 saturated heterocycles. The molecule has 20 heavy (non-hydrogen) atoms. The van der Waals surface area contributed by atoms with Crippen LogP contribution in [0.1, 0.15) is 20.8 Å². The van der Waals surface area contributed by atoms with E-state index in [1.165, 1.54) is 18.2 Å². The Morgan fingerprint density at radius 1 is 1.20 bits per heavy atom. The highest BCUT2D eigenvalue weighted by atomic mass is 79.9. The summed E-state index contributed by atoms with van der Waals surface area (Å²) in [7, 11) is 0. The molecule has 0 aliphatic rings. The lowest BCUT2D eigenvalue weighted by Crippen LogP contribution is -2.17. The number of aromatic nitrogens is 1. The number of nitrogens with zero attached hydrogens (tertiary/aromatic N) is 1. The first-order valence-corrected chi connectivity index (χ1v) is 6.24. The number of anilines is 1. The minimum atomic E-state index is -1.46. The molecule has 0 spiro atoms. The van der Waals surface area contributed by atoms with Gasteiger partial charge in [0.2, 0.25) is 0 Å². The van der Waals surface area contributed by atoms with Crippen molar-refractivity contribution in [3.63, 3.8) is 0 Å². The summed E-state index contributed by atoms with van der Waals surface area (Å²) >= 11 is 3.12. The van der Waals surface area contributed by atoms with Gasteiger partial charge in [-0.3, -0.25) is 4.79 Å². The van der Waals surface area contributed by atoms with Gasteiger partial charge in [0, 0.05) is 0 Å². The van der Waals surface area contributed by atoms with Crippen molar-refractivity contribution in [2.45, 2.75) is 0 Å². The maximum absolute atomic E-state index is 13.5. The van der Waals surface area contributed by atoms with Crippen LogP contribution < -0.4 is 5.32 Å². The first kappa shape index (κ1) is 14.1. The van der Waals surface area contributed by atoms with Crippen molar-refractivity contribution in [1.29, 1.82) is 0 Å². The number of amides is 1. The van der Waals surface area contributed by atoms with Gasteiger partial charge in [0.25, 0.3) is 5.91 Å². The Bertz CT molecular complexity index is 691. The number of halogens is 2. The number of pyridine rings is 1. The Kier molecular flexibility index (Phi) is 4.09. The average Bonchev–Trinajstić information content (AvgIpc) is 2.38. The number of carboxylic acids is 1. The van der Waals surface area contributed by atoms with Crippen molar-refractivity contribution in [3.05, 3.63) is 58.1 Å². The third-order valence-electron chi connectivity index (χ3n) is 2.42. The predicted molar refractivity (Wildman–Crippen MR) is 73.2 cm³/mol. The molecule has 2 rings (SSSR count). The second-order valence-electron chi connectivity index (χ2n) is 3.77. The standard InChI is InChI=1S/C13H8BrFN2O3/c14-10-6-2-5-9(16-10)12(18)17-8-4-1-3-7(15)11(8)13(19)20/h1-6H,(H,17,18)(H,19,20). The van der Waals surface area contributed by atoms with Gasteiger partial charge in [-0.15, -0.1) is 0 Å². The maximum atomic E-state index is 13.5. The first-order chi connectivity index (χ1) is 9.49. The normalized spacial score (nSPS) is 10.1. The average molecular weight is 339 g/mol. The van der Waals surface area contributed by atoms with E-state index in [2.05, 4.69) is 26.2 Å². The Hall–Kier alpha value is -2.28. The number of carboxylic acid groups (broad SMARTS) is 1. The van der Waals surface area contributed by atoms with Crippen LogP contribution in [0.25, 0.3) is 0 Å². The Morgan fingerprint density at radius 3 is 2.55 bits per heavy atom. The smallest absolute Gasteiger partial charge is 0.340 e. The number of hydrogen-bond acceptors (Lipinski definition) is 3. The van der Waals surface area contributed by atoms with E-state index < -0.39 is 23.3 Å². The third kappa shape index (κ3) is 3.00. The molecule has 0 bridgehead atoms. The summed E-state index contributed by atoms with van der Waals surface area (Å²) < 4.78 is 13.9. The summed E-state index contributed by atoms with van der Waals surface area (Å²) in [6, 6.07) is 8.34. The minimum Gasteiger partial charge on any atom is -0.478 e. The zero-order chi connectivity index (χ0) is 14.7. The molecule has 5 nitrogen and oxygen atoms in total. The summed E-state index contributed by atoms with van der Waals surface area (Å²) in [4.78, 5) is 26.9. The molecule has 0 aliphatic heterocycles. The van der Waals surface area contributed by atoms with Gasteiger partial charge in [-0.25, -0.2) is 14.2 Å². The van der Waals surface area contributed by atoms with Gasteiger partial charge in [0.15, 0.2) is 0 Å². The molecule has 0 unspecified atom stereocenters. The highest BCUT2D eigenvalue weighted by Crippen LogP contribution is 2.19. The van der Waals surface area contributed by atoms with E-state index in [4.69, 9.17) is 5.11 Å². The molecule has 0 atom stereocenters. The third-order valence-corrected chi connectivity index (χ3v) is 2.87. The zero-order valence-corrected chi connectivity index (χ0v) is 11.5. The second kappa shape index (κ2) is 5.79. The topological polar surface area (TPSA) is 79.3 Å². The van der Waals surface area contributed by atoms with Crippen molar-refractivity contribution in [2.75, 3.05) is 5.32 Å². The summed E-state index contributed by atoms with van der Waals surface area (Å²) in [5, 5.41) is 11.3. The second-order valence-corrected chi connectivity index (χ2v) is 4.58.